The van der Waals surface area contributed by atoms with Crippen molar-refractivity contribution in [3.63, 3.8) is 0 Å². The van der Waals surface area contributed by atoms with E-state index in [4.69, 9.17) is 9.47 Å². The van der Waals surface area contributed by atoms with Crippen LogP contribution >= 0.6 is 0 Å². The third-order valence-corrected chi connectivity index (χ3v) is 3.97. The van der Waals surface area contributed by atoms with E-state index < -0.39 is 0 Å². The summed E-state index contributed by atoms with van der Waals surface area (Å²) >= 11 is 0. The summed E-state index contributed by atoms with van der Waals surface area (Å²) in [5.74, 6) is 0.708. The number of unbranched alkanes of at least 4 members (excludes halogenated alkanes) is 2. The minimum absolute atomic E-state index is 0.135. The summed E-state index contributed by atoms with van der Waals surface area (Å²) in [5, 5.41) is 6.56. The Morgan fingerprint density at radius 3 is 2.84 bits per heavy atom. The smallest absolute Gasteiger partial charge is 0.305 e. The van der Waals surface area contributed by atoms with Gasteiger partial charge < -0.3 is 24.8 Å². The summed E-state index contributed by atoms with van der Waals surface area (Å²) in [6.07, 6.45) is 6.83. The first-order valence-electron chi connectivity index (χ1n) is 9.54. The summed E-state index contributed by atoms with van der Waals surface area (Å²) in [7, 11) is 1.43. The number of carbonyl (C=O) groups is 1. The highest BCUT2D eigenvalue weighted by molar-refractivity contribution is 5.79. The van der Waals surface area contributed by atoms with Gasteiger partial charge in [-0.3, -0.25) is 9.79 Å². The molecule has 7 nitrogen and oxygen atoms in total. The van der Waals surface area contributed by atoms with Crippen molar-refractivity contribution >= 4 is 11.9 Å². The summed E-state index contributed by atoms with van der Waals surface area (Å²) in [4.78, 5) is 15.6. The number of aliphatic imine (C=N–C) groups is 1. The fourth-order valence-corrected chi connectivity index (χ4v) is 2.57. The van der Waals surface area contributed by atoms with Crippen LogP contribution in [0.2, 0.25) is 0 Å². The first-order chi connectivity index (χ1) is 12.3. The molecular weight excluding hydrogens is 322 g/mol. The van der Waals surface area contributed by atoms with Crippen molar-refractivity contribution in [1.29, 1.82) is 0 Å². The zero-order valence-corrected chi connectivity index (χ0v) is 15.8. The number of carbonyl (C=O) groups excluding carboxylic acids is 1. The van der Waals surface area contributed by atoms with Crippen LogP contribution in [0, 0.1) is 0 Å². The molecule has 1 aliphatic heterocycles. The average molecular weight is 357 g/mol. The third kappa shape index (κ3) is 11.8. The first kappa shape index (κ1) is 21.7. The van der Waals surface area contributed by atoms with Gasteiger partial charge in [0.15, 0.2) is 5.96 Å². The lowest BCUT2D eigenvalue weighted by Crippen LogP contribution is -2.37. The normalized spacial score (nSPS) is 17.5. The lowest BCUT2D eigenvalue weighted by molar-refractivity contribution is -0.140. The molecule has 1 heterocycles. The fourth-order valence-electron chi connectivity index (χ4n) is 2.57. The molecule has 7 heteroatoms. The van der Waals surface area contributed by atoms with Gasteiger partial charge in [-0.25, -0.2) is 0 Å². The monoisotopic (exact) mass is 357 g/mol. The van der Waals surface area contributed by atoms with E-state index in [0.717, 1.165) is 77.3 Å². The summed E-state index contributed by atoms with van der Waals surface area (Å²) < 4.78 is 15.8. The maximum atomic E-state index is 11.0. The second kappa shape index (κ2) is 15.0. The van der Waals surface area contributed by atoms with Crippen molar-refractivity contribution in [3.8, 4) is 0 Å². The van der Waals surface area contributed by atoms with Gasteiger partial charge >= 0.3 is 5.97 Å². The summed E-state index contributed by atoms with van der Waals surface area (Å²) in [6, 6.07) is 0. The Hall–Kier alpha value is -1.34. The molecule has 0 bridgehead atoms. The maximum Gasteiger partial charge on any atom is 0.305 e. The predicted octanol–water partition coefficient (Wildman–Crippen LogP) is 1.86. The molecule has 0 radical (unpaired) electrons. The second-order valence-corrected chi connectivity index (χ2v) is 6.14. The number of rotatable bonds is 13. The molecule has 1 saturated heterocycles. The lowest BCUT2D eigenvalue weighted by Gasteiger charge is -2.12. The molecule has 0 aliphatic carbocycles. The number of esters is 1. The van der Waals surface area contributed by atoms with Gasteiger partial charge in [0.1, 0.15) is 0 Å². The highest BCUT2D eigenvalue weighted by Gasteiger charge is 2.14. The number of methoxy groups -OCH3 is 1. The molecule has 146 valence electrons. The van der Waals surface area contributed by atoms with E-state index in [1.54, 1.807) is 0 Å². The van der Waals surface area contributed by atoms with Crippen molar-refractivity contribution in [1.82, 2.24) is 10.6 Å². The molecule has 1 aliphatic rings. The van der Waals surface area contributed by atoms with E-state index in [9.17, 15) is 4.79 Å². The van der Waals surface area contributed by atoms with Crippen LogP contribution in [0.15, 0.2) is 4.99 Å². The van der Waals surface area contributed by atoms with Crippen LogP contribution in [-0.2, 0) is 19.0 Å². The Morgan fingerprint density at radius 2 is 2.12 bits per heavy atom. The number of nitrogens with one attached hydrogen (secondary N) is 2. The number of hydrogen-bond donors (Lipinski definition) is 2. The van der Waals surface area contributed by atoms with Crippen LogP contribution in [0.25, 0.3) is 0 Å². The SMILES string of the molecule is CCNC(=NCCCOCC1CCCO1)NCCCCCC(=O)OC. The van der Waals surface area contributed by atoms with Crippen LogP contribution < -0.4 is 10.6 Å². The topological polar surface area (TPSA) is 81.2 Å². The van der Waals surface area contributed by atoms with Crippen molar-refractivity contribution in [2.24, 2.45) is 4.99 Å². The summed E-state index contributed by atoms with van der Waals surface area (Å²) in [6.45, 7) is 6.77. The van der Waals surface area contributed by atoms with Gasteiger partial charge in [-0.1, -0.05) is 6.42 Å². The second-order valence-electron chi connectivity index (χ2n) is 6.14. The van der Waals surface area contributed by atoms with Crippen LogP contribution in [0.3, 0.4) is 0 Å². The molecule has 0 aromatic heterocycles. The molecule has 1 unspecified atom stereocenters. The fraction of sp³-hybridized carbons (Fsp3) is 0.889. The van der Waals surface area contributed by atoms with E-state index in [2.05, 4.69) is 27.3 Å². The van der Waals surface area contributed by atoms with Gasteiger partial charge in [0, 0.05) is 39.3 Å². The molecule has 25 heavy (non-hydrogen) atoms. The van der Waals surface area contributed by atoms with Crippen molar-refractivity contribution in [2.45, 2.75) is 58.0 Å². The van der Waals surface area contributed by atoms with E-state index in [0.29, 0.717) is 19.1 Å². The van der Waals surface area contributed by atoms with Crippen LogP contribution in [-0.4, -0.2) is 64.6 Å². The molecule has 0 aromatic rings. The highest BCUT2D eigenvalue weighted by Crippen LogP contribution is 2.11. The van der Waals surface area contributed by atoms with Crippen molar-refractivity contribution < 1.29 is 19.0 Å². The van der Waals surface area contributed by atoms with E-state index in [-0.39, 0.29) is 5.97 Å². The minimum atomic E-state index is -0.135. The quantitative estimate of drug-likeness (QED) is 0.227. The Labute approximate surface area is 151 Å². The van der Waals surface area contributed by atoms with Crippen LogP contribution in [0.5, 0.6) is 0 Å². The van der Waals surface area contributed by atoms with Gasteiger partial charge in [-0.05, 0) is 39.0 Å². The highest BCUT2D eigenvalue weighted by atomic mass is 16.5. The molecule has 0 spiro atoms. The summed E-state index contributed by atoms with van der Waals surface area (Å²) in [5.41, 5.74) is 0. The third-order valence-electron chi connectivity index (χ3n) is 3.97. The molecule has 0 aromatic carbocycles. The van der Waals surface area contributed by atoms with E-state index in [1.165, 1.54) is 7.11 Å². The van der Waals surface area contributed by atoms with Gasteiger partial charge in [0.05, 0.1) is 19.8 Å². The average Bonchev–Trinajstić information content (AvgIpc) is 3.13. The van der Waals surface area contributed by atoms with Crippen LogP contribution in [0.1, 0.15) is 51.9 Å². The van der Waals surface area contributed by atoms with E-state index >= 15 is 0 Å². The van der Waals surface area contributed by atoms with Gasteiger partial charge in [-0.15, -0.1) is 0 Å². The molecule has 0 saturated carbocycles. The standard InChI is InChI=1S/C18H35N3O4/c1-3-19-18(20-11-6-4-5-10-17(22)23-2)21-12-8-13-24-15-16-9-7-14-25-16/h16H,3-15H2,1-2H3,(H2,19,20,21). The van der Waals surface area contributed by atoms with Crippen LogP contribution in [0.4, 0.5) is 0 Å². The maximum absolute atomic E-state index is 11.0. The molecule has 1 fully saturated rings. The Balaban J connectivity index is 2.02. The van der Waals surface area contributed by atoms with Crippen molar-refractivity contribution in [2.75, 3.05) is 46.6 Å². The number of hydrogen-bond acceptors (Lipinski definition) is 5. The first-order valence-corrected chi connectivity index (χ1v) is 9.54. The molecule has 1 atom stereocenters. The molecule has 1 rings (SSSR count). The minimum Gasteiger partial charge on any atom is -0.469 e. The van der Waals surface area contributed by atoms with E-state index in [1.807, 2.05) is 0 Å². The van der Waals surface area contributed by atoms with Gasteiger partial charge in [0.25, 0.3) is 0 Å². The zero-order valence-electron chi connectivity index (χ0n) is 15.8. The van der Waals surface area contributed by atoms with Gasteiger partial charge in [0.2, 0.25) is 0 Å². The number of nitrogens with zero attached hydrogens (tertiary/aromatic N) is 1. The Kier molecular flexibility index (Phi) is 13.0. The Bertz CT molecular complexity index is 371. The van der Waals surface area contributed by atoms with Crippen molar-refractivity contribution in [3.05, 3.63) is 0 Å². The number of guanidine groups is 1. The largest absolute Gasteiger partial charge is 0.469 e. The molecule has 0 amide bonds. The lowest BCUT2D eigenvalue weighted by atomic mass is 10.2. The van der Waals surface area contributed by atoms with Gasteiger partial charge in [-0.2, -0.15) is 0 Å². The predicted molar refractivity (Wildman–Crippen MR) is 98.9 cm³/mol. The Morgan fingerprint density at radius 1 is 1.24 bits per heavy atom. The number of ether oxygens (including phenoxy) is 3. The molecular formula is C18H35N3O4. The zero-order chi connectivity index (χ0) is 18.2. The molecule has 2 N–H and O–H groups in total.